The van der Waals surface area contributed by atoms with Crippen LogP contribution >= 0.6 is 12.4 Å². The molecule has 1 saturated carbocycles. The van der Waals surface area contributed by atoms with Crippen LogP contribution in [0, 0.1) is 0 Å². The van der Waals surface area contributed by atoms with E-state index in [0.29, 0.717) is 18.4 Å². The Hall–Kier alpha value is -1.36. The van der Waals surface area contributed by atoms with Crippen molar-refractivity contribution >= 4 is 23.4 Å². The van der Waals surface area contributed by atoms with Crippen molar-refractivity contribution in [2.45, 2.75) is 50.2 Å². The van der Waals surface area contributed by atoms with Gasteiger partial charge in [-0.1, -0.05) is 18.2 Å². The molecule has 0 unspecified atom stereocenters. The lowest BCUT2D eigenvalue weighted by molar-refractivity contribution is -0.00747. The van der Waals surface area contributed by atoms with E-state index in [1.165, 1.54) is 6.07 Å². The zero-order valence-electron chi connectivity index (χ0n) is 12.5. The predicted octanol–water partition coefficient (Wildman–Crippen LogP) is 2.78. The Bertz CT molecular complexity index is 690. The van der Waals surface area contributed by atoms with Crippen molar-refractivity contribution in [1.29, 1.82) is 0 Å². The number of benzene rings is 1. The average Bonchev–Trinajstić information content (AvgIpc) is 2.49. The van der Waals surface area contributed by atoms with E-state index in [1.807, 2.05) is 18.2 Å². The molecular formula is C17H22ClNO3. The first-order valence-electron chi connectivity index (χ1n) is 7.55. The van der Waals surface area contributed by atoms with Gasteiger partial charge < -0.3 is 15.3 Å². The molecule has 1 aliphatic rings. The molecule has 0 aliphatic heterocycles. The molecule has 0 amide bonds. The van der Waals surface area contributed by atoms with Gasteiger partial charge in [0, 0.05) is 17.5 Å². The van der Waals surface area contributed by atoms with Crippen LogP contribution in [0.2, 0.25) is 0 Å². The van der Waals surface area contributed by atoms with Crippen molar-refractivity contribution in [1.82, 2.24) is 0 Å². The molecule has 120 valence electrons. The number of aryl methyl sites for hydroxylation is 1. The second kappa shape index (κ2) is 6.82. The Morgan fingerprint density at radius 3 is 2.68 bits per heavy atom. The normalized spacial score (nSPS) is 24.9. The van der Waals surface area contributed by atoms with Gasteiger partial charge >= 0.3 is 5.63 Å². The van der Waals surface area contributed by atoms with Crippen molar-refractivity contribution < 1.29 is 9.52 Å². The van der Waals surface area contributed by atoms with Gasteiger partial charge in [0.05, 0.1) is 5.60 Å². The lowest BCUT2D eigenvalue weighted by atomic mass is 9.79. The zero-order valence-corrected chi connectivity index (χ0v) is 13.3. The fourth-order valence-electron chi connectivity index (χ4n) is 3.14. The van der Waals surface area contributed by atoms with E-state index in [0.717, 1.165) is 36.6 Å². The number of halogens is 1. The number of para-hydroxylation sites is 1. The summed E-state index contributed by atoms with van der Waals surface area (Å²) in [5.41, 5.74) is 6.55. The smallest absolute Gasteiger partial charge is 0.336 e. The molecule has 0 atom stereocenters. The maximum atomic E-state index is 11.4. The molecule has 0 radical (unpaired) electrons. The number of nitrogens with two attached hydrogens (primary N) is 1. The lowest BCUT2D eigenvalue weighted by Crippen LogP contribution is -2.39. The highest BCUT2D eigenvalue weighted by molar-refractivity contribution is 5.85. The van der Waals surface area contributed by atoms with Gasteiger partial charge in [-0.2, -0.15) is 0 Å². The number of hydrogen-bond acceptors (Lipinski definition) is 4. The van der Waals surface area contributed by atoms with Crippen LogP contribution in [0.4, 0.5) is 0 Å². The standard InChI is InChI=1S/C17H21NO3.ClH/c18-14-7-10-17(20,11-8-14)9-6-13-3-1-2-12-4-5-15(19)21-16(12)13;/h1-5,14,20H,6-11,18H2;1H. The van der Waals surface area contributed by atoms with Gasteiger partial charge in [-0.15, -0.1) is 12.4 Å². The van der Waals surface area contributed by atoms with Crippen LogP contribution in [0.3, 0.4) is 0 Å². The van der Waals surface area contributed by atoms with Gasteiger partial charge in [0.25, 0.3) is 0 Å². The minimum Gasteiger partial charge on any atom is -0.422 e. The summed E-state index contributed by atoms with van der Waals surface area (Å²) in [6, 6.07) is 9.28. The van der Waals surface area contributed by atoms with Gasteiger partial charge in [-0.05, 0) is 50.2 Å². The topological polar surface area (TPSA) is 76.5 Å². The molecule has 4 nitrogen and oxygen atoms in total. The van der Waals surface area contributed by atoms with Crippen molar-refractivity contribution in [3.63, 3.8) is 0 Å². The van der Waals surface area contributed by atoms with Crippen LogP contribution in [0.25, 0.3) is 11.0 Å². The number of aliphatic hydroxyl groups is 1. The summed E-state index contributed by atoms with van der Waals surface area (Å²) in [5.74, 6) is 0. The highest BCUT2D eigenvalue weighted by Crippen LogP contribution is 2.32. The van der Waals surface area contributed by atoms with Gasteiger partial charge in [-0.25, -0.2) is 4.79 Å². The molecule has 0 bridgehead atoms. The molecular weight excluding hydrogens is 302 g/mol. The summed E-state index contributed by atoms with van der Waals surface area (Å²) < 4.78 is 5.33. The minimum atomic E-state index is -0.632. The average molecular weight is 324 g/mol. The van der Waals surface area contributed by atoms with Gasteiger partial charge in [0.2, 0.25) is 0 Å². The first-order chi connectivity index (χ1) is 10.1. The van der Waals surface area contributed by atoms with E-state index < -0.39 is 5.60 Å². The second-order valence-electron chi connectivity index (χ2n) is 6.15. The van der Waals surface area contributed by atoms with Crippen molar-refractivity contribution in [3.8, 4) is 0 Å². The van der Waals surface area contributed by atoms with Crippen LogP contribution in [0.5, 0.6) is 0 Å². The van der Waals surface area contributed by atoms with Crippen molar-refractivity contribution in [3.05, 3.63) is 46.3 Å². The number of fused-ring (bicyclic) bond motifs is 1. The molecule has 1 heterocycles. The first kappa shape index (κ1) is 17.0. The molecule has 1 fully saturated rings. The second-order valence-corrected chi connectivity index (χ2v) is 6.15. The number of rotatable bonds is 3. The minimum absolute atomic E-state index is 0. The van der Waals surface area contributed by atoms with Crippen LogP contribution in [-0.4, -0.2) is 16.7 Å². The monoisotopic (exact) mass is 323 g/mol. The Morgan fingerprint density at radius 1 is 1.23 bits per heavy atom. The third-order valence-corrected chi connectivity index (χ3v) is 4.55. The molecule has 0 spiro atoms. The van der Waals surface area contributed by atoms with E-state index in [1.54, 1.807) is 6.07 Å². The van der Waals surface area contributed by atoms with E-state index in [2.05, 4.69) is 0 Å². The van der Waals surface area contributed by atoms with Gasteiger partial charge in [0.1, 0.15) is 5.58 Å². The zero-order chi connectivity index (χ0) is 14.9. The highest BCUT2D eigenvalue weighted by Gasteiger charge is 2.31. The molecule has 1 aromatic heterocycles. The van der Waals surface area contributed by atoms with E-state index >= 15 is 0 Å². The Labute approximate surface area is 135 Å². The van der Waals surface area contributed by atoms with E-state index in [9.17, 15) is 9.90 Å². The Morgan fingerprint density at radius 2 is 1.95 bits per heavy atom. The first-order valence-corrected chi connectivity index (χ1v) is 7.55. The quantitative estimate of drug-likeness (QED) is 0.852. The third-order valence-electron chi connectivity index (χ3n) is 4.55. The number of hydrogen-bond donors (Lipinski definition) is 2. The van der Waals surface area contributed by atoms with Crippen LogP contribution in [0.1, 0.15) is 37.7 Å². The summed E-state index contributed by atoms with van der Waals surface area (Å²) >= 11 is 0. The largest absolute Gasteiger partial charge is 0.422 e. The molecule has 1 aliphatic carbocycles. The molecule has 3 N–H and O–H groups in total. The maximum Gasteiger partial charge on any atom is 0.336 e. The summed E-state index contributed by atoms with van der Waals surface area (Å²) in [4.78, 5) is 11.4. The van der Waals surface area contributed by atoms with Gasteiger partial charge in [0.15, 0.2) is 0 Å². The maximum absolute atomic E-state index is 11.4. The SMILES string of the molecule is Cl.NC1CCC(O)(CCc2cccc3ccc(=O)oc23)CC1. The summed E-state index contributed by atoms with van der Waals surface area (Å²) in [5, 5.41) is 11.6. The van der Waals surface area contributed by atoms with Crippen LogP contribution in [-0.2, 0) is 6.42 Å². The molecule has 5 heteroatoms. The van der Waals surface area contributed by atoms with Crippen molar-refractivity contribution in [2.24, 2.45) is 5.73 Å². The molecule has 0 saturated heterocycles. The molecule has 1 aromatic carbocycles. The Kier molecular flexibility index (Phi) is 5.27. The van der Waals surface area contributed by atoms with Crippen LogP contribution in [0.15, 0.2) is 39.5 Å². The summed E-state index contributed by atoms with van der Waals surface area (Å²) in [6.45, 7) is 0. The molecule has 2 aromatic rings. The molecule has 22 heavy (non-hydrogen) atoms. The summed E-state index contributed by atoms with van der Waals surface area (Å²) in [7, 11) is 0. The third kappa shape index (κ3) is 3.69. The Balaban J connectivity index is 0.00000176. The molecule has 3 rings (SSSR count). The van der Waals surface area contributed by atoms with E-state index in [4.69, 9.17) is 10.2 Å². The van der Waals surface area contributed by atoms with Gasteiger partial charge in [-0.3, -0.25) is 0 Å². The lowest BCUT2D eigenvalue weighted by Gasteiger charge is -2.34. The fourth-order valence-corrected chi connectivity index (χ4v) is 3.14. The highest BCUT2D eigenvalue weighted by atomic mass is 35.5. The summed E-state index contributed by atoms with van der Waals surface area (Å²) in [6.07, 6.45) is 4.64. The van der Waals surface area contributed by atoms with Crippen LogP contribution < -0.4 is 11.4 Å². The predicted molar refractivity (Wildman–Crippen MR) is 89.4 cm³/mol. The van der Waals surface area contributed by atoms with E-state index in [-0.39, 0.29) is 24.1 Å². The van der Waals surface area contributed by atoms with Crippen molar-refractivity contribution in [2.75, 3.05) is 0 Å². The fraction of sp³-hybridized carbons (Fsp3) is 0.471.